The molecule has 4 heteroatoms. The van der Waals surface area contributed by atoms with Gasteiger partial charge in [-0.2, -0.15) is 0 Å². The van der Waals surface area contributed by atoms with Crippen molar-refractivity contribution >= 4 is 11.7 Å². The fraction of sp³-hybridized carbons (Fsp3) is 0.500. The zero-order valence-corrected chi connectivity index (χ0v) is 11.2. The van der Waals surface area contributed by atoms with E-state index in [1.165, 1.54) is 7.11 Å². The van der Waals surface area contributed by atoms with Crippen molar-refractivity contribution in [3.8, 4) is 5.75 Å². The average molecular weight is 249 g/mol. The first-order valence-electron chi connectivity index (χ1n) is 6.04. The molecule has 0 bridgehead atoms. The number of benzene rings is 1. The van der Waals surface area contributed by atoms with Crippen molar-refractivity contribution in [1.82, 2.24) is 0 Å². The summed E-state index contributed by atoms with van der Waals surface area (Å²) in [5, 5.41) is 3.31. The highest BCUT2D eigenvalue weighted by atomic mass is 16.5. The first-order valence-corrected chi connectivity index (χ1v) is 6.04. The summed E-state index contributed by atoms with van der Waals surface area (Å²) >= 11 is 0. The summed E-state index contributed by atoms with van der Waals surface area (Å²) < 4.78 is 10.6. The Hall–Kier alpha value is -1.71. The van der Waals surface area contributed by atoms with Gasteiger partial charge in [-0.25, -0.2) is 4.79 Å². The highest BCUT2D eigenvalue weighted by Crippen LogP contribution is 2.35. The summed E-state index contributed by atoms with van der Waals surface area (Å²) in [6, 6.07) is 5.30. The predicted octanol–water partition coefficient (Wildman–Crippen LogP) is 2.69. The molecule has 1 atom stereocenters. The quantitative estimate of drug-likeness (QED) is 0.777. The predicted molar refractivity (Wildman–Crippen MR) is 70.1 cm³/mol. The molecule has 2 rings (SSSR count). The second-order valence-corrected chi connectivity index (χ2v) is 5.56. The molecule has 98 valence electrons. The minimum absolute atomic E-state index is 0.0751. The van der Waals surface area contributed by atoms with Crippen LogP contribution in [0.2, 0.25) is 0 Å². The summed E-state index contributed by atoms with van der Waals surface area (Å²) in [7, 11) is 1.38. The Balaban J connectivity index is 2.23. The molecule has 0 aliphatic carbocycles. The normalized spacial score (nSPS) is 18.3. The lowest BCUT2D eigenvalue weighted by atomic mass is 9.88. The first kappa shape index (κ1) is 12.7. The van der Waals surface area contributed by atoms with Gasteiger partial charge in [0.1, 0.15) is 11.9 Å². The van der Waals surface area contributed by atoms with Gasteiger partial charge < -0.3 is 14.8 Å². The van der Waals surface area contributed by atoms with E-state index >= 15 is 0 Å². The number of anilines is 1. The number of esters is 1. The molecule has 0 radical (unpaired) electrons. The number of nitrogens with one attached hydrogen (secondary N) is 1. The Morgan fingerprint density at radius 3 is 2.78 bits per heavy atom. The van der Waals surface area contributed by atoms with Gasteiger partial charge in [0.15, 0.2) is 0 Å². The lowest BCUT2D eigenvalue weighted by Crippen LogP contribution is -2.41. The molecular formula is C14H19NO3. The number of hydrogen-bond donors (Lipinski definition) is 1. The minimum atomic E-state index is -0.336. The second kappa shape index (κ2) is 4.52. The summed E-state index contributed by atoms with van der Waals surface area (Å²) in [6.45, 7) is 7.18. The number of ether oxygens (including phenoxy) is 2. The van der Waals surface area contributed by atoms with Crippen LogP contribution in [0.3, 0.4) is 0 Å². The SMILES string of the molecule is COC(=O)c1ccc2c(c1)NCC(C(C)(C)C)O2. The standard InChI is InChI=1S/C14H19NO3/c1-14(2,3)12-8-15-10-7-9(13(16)17-4)5-6-11(10)18-12/h5-7,12,15H,8H2,1-4H3. The molecule has 0 saturated heterocycles. The Labute approximate surface area is 107 Å². The van der Waals surface area contributed by atoms with Gasteiger partial charge in [-0.15, -0.1) is 0 Å². The highest BCUT2D eigenvalue weighted by Gasteiger charge is 2.30. The zero-order valence-electron chi connectivity index (χ0n) is 11.2. The van der Waals surface area contributed by atoms with Gasteiger partial charge in [0, 0.05) is 5.41 Å². The van der Waals surface area contributed by atoms with Crippen molar-refractivity contribution < 1.29 is 14.3 Å². The zero-order chi connectivity index (χ0) is 13.3. The van der Waals surface area contributed by atoms with Crippen molar-refractivity contribution in [3.63, 3.8) is 0 Å². The molecule has 0 amide bonds. The average Bonchev–Trinajstić information content (AvgIpc) is 2.35. The number of methoxy groups -OCH3 is 1. The van der Waals surface area contributed by atoms with Crippen molar-refractivity contribution in [3.05, 3.63) is 23.8 Å². The molecule has 1 unspecified atom stereocenters. The van der Waals surface area contributed by atoms with E-state index in [-0.39, 0.29) is 17.5 Å². The van der Waals surface area contributed by atoms with Gasteiger partial charge in [-0.3, -0.25) is 0 Å². The number of rotatable bonds is 1. The van der Waals surface area contributed by atoms with Crippen LogP contribution in [-0.4, -0.2) is 25.7 Å². The molecule has 1 N–H and O–H groups in total. The van der Waals surface area contributed by atoms with Crippen LogP contribution in [0.4, 0.5) is 5.69 Å². The lowest BCUT2D eigenvalue weighted by molar-refractivity contribution is 0.0600. The third-order valence-corrected chi connectivity index (χ3v) is 3.11. The molecule has 1 aromatic rings. The van der Waals surface area contributed by atoms with E-state index in [1.54, 1.807) is 12.1 Å². The van der Waals surface area contributed by atoms with E-state index in [2.05, 4.69) is 26.1 Å². The first-order chi connectivity index (χ1) is 8.41. The third kappa shape index (κ3) is 2.42. The van der Waals surface area contributed by atoms with Crippen LogP contribution < -0.4 is 10.1 Å². The van der Waals surface area contributed by atoms with Gasteiger partial charge in [0.25, 0.3) is 0 Å². The van der Waals surface area contributed by atoms with E-state index < -0.39 is 0 Å². The van der Waals surface area contributed by atoms with Crippen LogP contribution >= 0.6 is 0 Å². The van der Waals surface area contributed by atoms with Crippen LogP contribution in [0, 0.1) is 5.41 Å². The Morgan fingerprint density at radius 1 is 1.44 bits per heavy atom. The third-order valence-electron chi connectivity index (χ3n) is 3.11. The van der Waals surface area contributed by atoms with Gasteiger partial charge in [0.2, 0.25) is 0 Å². The van der Waals surface area contributed by atoms with Crippen molar-refractivity contribution in [1.29, 1.82) is 0 Å². The summed E-state index contributed by atoms with van der Waals surface area (Å²) in [5.74, 6) is 0.450. The molecule has 4 nitrogen and oxygen atoms in total. The van der Waals surface area contributed by atoms with Crippen LogP contribution in [0.5, 0.6) is 5.75 Å². The molecule has 18 heavy (non-hydrogen) atoms. The fourth-order valence-corrected chi connectivity index (χ4v) is 1.90. The van der Waals surface area contributed by atoms with E-state index in [4.69, 9.17) is 9.47 Å². The Kier molecular flexibility index (Phi) is 3.20. The maximum Gasteiger partial charge on any atom is 0.337 e. The molecule has 0 saturated carbocycles. The maximum absolute atomic E-state index is 11.4. The van der Waals surface area contributed by atoms with Crippen LogP contribution in [0.1, 0.15) is 31.1 Å². The topological polar surface area (TPSA) is 47.6 Å². The van der Waals surface area contributed by atoms with E-state index in [9.17, 15) is 4.79 Å². The lowest BCUT2D eigenvalue weighted by Gasteiger charge is -2.36. The fourth-order valence-electron chi connectivity index (χ4n) is 1.90. The van der Waals surface area contributed by atoms with E-state index in [0.29, 0.717) is 5.56 Å². The van der Waals surface area contributed by atoms with Crippen LogP contribution in [0.15, 0.2) is 18.2 Å². The van der Waals surface area contributed by atoms with E-state index in [1.807, 2.05) is 6.07 Å². The molecule has 1 aliphatic rings. The second-order valence-electron chi connectivity index (χ2n) is 5.56. The number of fused-ring (bicyclic) bond motifs is 1. The molecule has 0 aromatic heterocycles. The summed E-state index contributed by atoms with van der Waals surface area (Å²) in [6.07, 6.45) is 0.119. The van der Waals surface area contributed by atoms with Crippen LogP contribution in [0.25, 0.3) is 0 Å². The van der Waals surface area contributed by atoms with Crippen molar-refractivity contribution in [2.45, 2.75) is 26.9 Å². The van der Waals surface area contributed by atoms with Gasteiger partial charge in [-0.05, 0) is 18.2 Å². The molecule has 1 aliphatic heterocycles. The minimum Gasteiger partial charge on any atom is -0.486 e. The Morgan fingerprint density at radius 2 is 2.17 bits per heavy atom. The van der Waals surface area contributed by atoms with Crippen molar-refractivity contribution in [2.24, 2.45) is 5.41 Å². The monoisotopic (exact) mass is 249 g/mol. The van der Waals surface area contributed by atoms with E-state index in [0.717, 1.165) is 18.0 Å². The van der Waals surface area contributed by atoms with Crippen molar-refractivity contribution in [2.75, 3.05) is 19.0 Å². The maximum atomic E-state index is 11.4. The molecular weight excluding hydrogens is 230 g/mol. The van der Waals surface area contributed by atoms with Crippen LogP contribution in [-0.2, 0) is 4.74 Å². The van der Waals surface area contributed by atoms with Gasteiger partial charge in [0.05, 0.1) is 24.9 Å². The molecule has 1 aromatic carbocycles. The van der Waals surface area contributed by atoms with Gasteiger partial charge >= 0.3 is 5.97 Å². The molecule has 1 heterocycles. The number of carbonyl (C=O) groups is 1. The smallest absolute Gasteiger partial charge is 0.337 e. The largest absolute Gasteiger partial charge is 0.486 e. The molecule has 0 spiro atoms. The molecule has 0 fully saturated rings. The van der Waals surface area contributed by atoms with Gasteiger partial charge in [-0.1, -0.05) is 20.8 Å². The number of carbonyl (C=O) groups excluding carboxylic acids is 1. The Bertz CT molecular complexity index is 463. The summed E-state index contributed by atoms with van der Waals surface area (Å²) in [4.78, 5) is 11.4. The number of hydrogen-bond acceptors (Lipinski definition) is 4. The highest BCUT2D eigenvalue weighted by molar-refractivity contribution is 5.91. The summed E-state index contributed by atoms with van der Waals surface area (Å²) in [5.41, 5.74) is 1.45.